The van der Waals surface area contributed by atoms with Gasteiger partial charge in [-0.3, -0.25) is 9.88 Å². The summed E-state index contributed by atoms with van der Waals surface area (Å²) in [6, 6.07) is 8.59. The third-order valence-corrected chi connectivity index (χ3v) is 3.18. The molecule has 104 valence electrons. The van der Waals surface area contributed by atoms with Gasteiger partial charge in [-0.2, -0.15) is 0 Å². The maximum Gasteiger partial charge on any atom is 0.127 e. The van der Waals surface area contributed by atoms with Crippen molar-refractivity contribution in [1.82, 2.24) is 9.88 Å². The second kappa shape index (κ2) is 6.54. The summed E-state index contributed by atoms with van der Waals surface area (Å²) >= 11 is 4.92. The highest BCUT2D eigenvalue weighted by atomic mass is 32.1. The number of hydrogen-bond acceptors (Lipinski definition) is 3. The van der Waals surface area contributed by atoms with Crippen molar-refractivity contribution in [1.29, 1.82) is 0 Å². The van der Waals surface area contributed by atoms with Gasteiger partial charge in [-0.05, 0) is 36.9 Å². The first-order valence-corrected chi connectivity index (χ1v) is 6.63. The smallest absolute Gasteiger partial charge is 0.127 e. The highest BCUT2D eigenvalue weighted by molar-refractivity contribution is 7.80. The van der Waals surface area contributed by atoms with E-state index in [0.717, 1.165) is 5.56 Å². The predicted molar refractivity (Wildman–Crippen MR) is 81.7 cm³/mol. The molecule has 0 spiro atoms. The lowest BCUT2D eigenvalue weighted by atomic mass is 10.1. The topological polar surface area (TPSA) is 42.2 Å². The summed E-state index contributed by atoms with van der Waals surface area (Å²) in [5.41, 5.74) is 7.93. The molecule has 3 nitrogen and oxygen atoms in total. The normalized spacial score (nSPS) is 10.8. The monoisotopic (exact) mass is 289 g/mol. The van der Waals surface area contributed by atoms with Crippen LogP contribution in [0.3, 0.4) is 0 Å². The summed E-state index contributed by atoms with van der Waals surface area (Å²) in [5, 5.41) is 0. The fourth-order valence-electron chi connectivity index (χ4n) is 2.00. The first-order chi connectivity index (χ1) is 9.56. The van der Waals surface area contributed by atoms with Gasteiger partial charge in [0.2, 0.25) is 0 Å². The molecule has 0 atom stereocenters. The number of thiocarbonyl (C=S) groups is 1. The molecule has 0 amide bonds. The molecule has 0 aliphatic heterocycles. The van der Waals surface area contributed by atoms with E-state index in [2.05, 4.69) is 4.98 Å². The fraction of sp³-hybridized carbons (Fsp3) is 0.200. The van der Waals surface area contributed by atoms with E-state index in [-0.39, 0.29) is 10.8 Å². The molecule has 0 bridgehead atoms. The van der Waals surface area contributed by atoms with Crippen LogP contribution in [0.4, 0.5) is 4.39 Å². The Morgan fingerprint density at radius 1 is 1.35 bits per heavy atom. The lowest BCUT2D eigenvalue weighted by Gasteiger charge is -2.17. The zero-order valence-corrected chi connectivity index (χ0v) is 12.0. The van der Waals surface area contributed by atoms with Crippen molar-refractivity contribution in [3.63, 3.8) is 0 Å². The van der Waals surface area contributed by atoms with E-state index in [1.165, 1.54) is 6.07 Å². The fourth-order valence-corrected chi connectivity index (χ4v) is 2.13. The standard InChI is InChI=1S/C15H16FN3S/c1-19(9-11-3-2-6-18-8-11)10-13-7-12(15(17)20)4-5-14(13)16/h2-8H,9-10H2,1H3,(H2,17,20). The zero-order chi connectivity index (χ0) is 14.5. The molecule has 2 rings (SSSR count). The number of nitrogens with two attached hydrogens (primary N) is 1. The van der Waals surface area contributed by atoms with Gasteiger partial charge in [0.25, 0.3) is 0 Å². The van der Waals surface area contributed by atoms with E-state index < -0.39 is 0 Å². The molecule has 0 fully saturated rings. The maximum absolute atomic E-state index is 13.8. The van der Waals surface area contributed by atoms with E-state index in [4.69, 9.17) is 18.0 Å². The molecule has 0 saturated heterocycles. The summed E-state index contributed by atoms with van der Waals surface area (Å²) < 4.78 is 13.8. The van der Waals surface area contributed by atoms with Crippen molar-refractivity contribution < 1.29 is 4.39 Å². The average Bonchev–Trinajstić information content (AvgIpc) is 2.42. The molecule has 5 heteroatoms. The SMILES string of the molecule is CN(Cc1cccnc1)Cc1cc(C(N)=S)ccc1F. The number of hydrogen-bond donors (Lipinski definition) is 1. The van der Waals surface area contributed by atoms with Crippen LogP contribution in [0.15, 0.2) is 42.7 Å². The van der Waals surface area contributed by atoms with Crippen LogP contribution in [0.1, 0.15) is 16.7 Å². The van der Waals surface area contributed by atoms with Gasteiger partial charge in [-0.1, -0.05) is 18.3 Å². The van der Waals surface area contributed by atoms with Crippen molar-refractivity contribution in [2.45, 2.75) is 13.1 Å². The molecular formula is C15H16FN3S. The average molecular weight is 289 g/mol. The van der Waals surface area contributed by atoms with Gasteiger partial charge >= 0.3 is 0 Å². The molecule has 2 N–H and O–H groups in total. The largest absolute Gasteiger partial charge is 0.389 e. The van der Waals surface area contributed by atoms with Crippen LogP contribution in [0.25, 0.3) is 0 Å². The molecule has 2 aromatic rings. The Labute approximate surface area is 123 Å². The first kappa shape index (κ1) is 14.6. The Morgan fingerprint density at radius 2 is 2.15 bits per heavy atom. The number of benzene rings is 1. The van der Waals surface area contributed by atoms with Crippen LogP contribution in [0.2, 0.25) is 0 Å². The molecule has 1 aromatic heterocycles. The minimum Gasteiger partial charge on any atom is -0.389 e. The minimum atomic E-state index is -0.247. The van der Waals surface area contributed by atoms with E-state index in [1.807, 2.05) is 24.1 Å². The summed E-state index contributed by atoms with van der Waals surface area (Å²) in [4.78, 5) is 6.36. The third-order valence-electron chi connectivity index (χ3n) is 2.95. The highest BCUT2D eigenvalue weighted by Gasteiger charge is 2.08. The maximum atomic E-state index is 13.8. The van der Waals surface area contributed by atoms with Crippen LogP contribution >= 0.6 is 12.2 Å². The highest BCUT2D eigenvalue weighted by Crippen LogP contribution is 2.14. The van der Waals surface area contributed by atoms with Gasteiger partial charge in [-0.25, -0.2) is 4.39 Å². The van der Waals surface area contributed by atoms with Crippen LogP contribution in [0.5, 0.6) is 0 Å². The molecule has 0 saturated carbocycles. The third kappa shape index (κ3) is 3.82. The van der Waals surface area contributed by atoms with Crippen LogP contribution in [-0.4, -0.2) is 21.9 Å². The van der Waals surface area contributed by atoms with Gasteiger partial charge in [0, 0.05) is 36.6 Å². The Morgan fingerprint density at radius 3 is 2.80 bits per heavy atom. The Bertz CT molecular complexity index is 601. The summed E-state index contributed by atoms with van der Waals surface area (Å²) in [6.45, 7) is 1.18. The summed E-state index contributed by atoms with van der Waals surface area (Å²) in [7, 11) is 1.93. The van der Waals surface area contributed by atoms with Crippen molar-refractivity contribution in [3.8, 4) is 0 Å². The van der Waals surface area contributed by atoms with Gasteiger partial charge in [0.05, 0.1) is 0 Å². The molecule has 1 aromatic carbocycles. The second-order valence-electron chi connectivity index (χ2n) is 4.70. The van der Waals surface area contributed by atoms with Gasteiger partial charge in [-0.15, -0.1) is 0 Å². The Kier molecular flexibility index (Phi) is 4.76. The van der Waals surface area contributed by atoms with Crippen molar-refractivity contribution in [3.05, 3.63) is 65.2 Å². The number of pyridine rings is 1. The van der Waals surface area contributed by atoms with Crippen LogP contribution < -0.4 is 5.73 Å². The van der Waals surface area contributed by atoms with Crippen molar-refractivity contribution >= 4 is 17.2 Å². The van der Waals surface area contributed by atoms with E-state index >= 15 is 0 Å². The van der Waals surface area contributed by atoms with E-state index in [1.54, 1.807) is 24.5 Å². The molecular weight excluding hydrogens is 273 g/mol. The van der Waals surface area contributed by atoms with Gasteiger partial charge < -0.3 is 5.73 Å². The first-order valence-electron chi connectivity index (χ1n) is 6.22. The van der Waals surface area contributed by atoms with Crippen LogP contribution in [0, 0.1) is 5.82 Å². The lowest BCUT2D eigenvalue weighted by molar-refractivity contribution is 0.313. The number of rotatable bonds is 5. The van der Waals surface area contributed by atoms with E-state index in [9.17, 15) is 4.39 Å². The predicted octanol–water partition coefficient (Wildman–Crippen LogP) is 2.49. The van der Waals surface area contributed by atoms with Crippen LogP contribution in [-0.2, 0) is 13.1 Å². The minimum absolute atomic E-state index is 0.247. The summed E-state index contributed by atoms with van der Waals surface area (Å²) in [5.74, 6) is -0.247. The van der Waals surface area contributed by atoms with E-state index in [0.29, 0.717) is 24.2 Å². The quantitative estimate of drug-likeness (QED) is 0.859. The zero-order valence-electron chi connectivity index (χ0n) is 11.2. The molecule has 1 heterocycles. The van der Waals surface area contributed by atoms with Gasteiger partial charge in [0.15, 0.2) is 0 Å². The molecule has 0 aliphatic carbocycles. The molecule has 0 radical (unpaired) electrons. The van der Waals surface area contributed by atoms with Crippen molar-refractivity contribution in [2.24, 2.45) is 5.73 Å². The van der Waals surface area contributed by atoms with Gasteiger partial charge in [0.1, 0.15) is 10.8 Å². The number of aromatic nitrogens is 1. The molecule has 0 aliphatic rings. The Hall–Kier alpha value is -1.85. The van der Waals surface area contributed by atoms with Crippen molar-refractivity contribution in [2.75, 3.05) is 7.05 Å². The second-order valence-corrected chi connectivity index (χ2v) is 5.14. The number of nitrogens with zero attached hydrogens (tertiary/aromatic N) is 2. The number of halogens is 1. The molecule has 20 heavy (non-hydrogen) atoms. The molecule has 0 unspecified atom stereocenters. The summed E-state index contributed by atoms with van der Waals surface area (Å²) in [6.07, 6.45) is 3.53. The Balaban J connectivity index is 2.09. The lowest BCUT2D eigenvalue weighted by Crippen LogP contribution is -2.19.